The van der Waals surface area contributed by atoms with E-state index in [1.165, 1.54) is 10.9 Å². The summed E-state index contributed by atoms with van der Waals surface area (Å²) >= 11 is 0. The number of hydrogen-bond donors (Lipinski definition) is 2. The van der Waals surface area contributed by atoms with E-state index in [2.05, 4.69) is 34.7 Å². The summed E-state index contributed by atoms with van der Waals surface area (Å²) in [6.45, 7) is -0.137. The lowest BCUT2D eigenvalue weighted by Gasteiger charge is -1.90. The molecular weight excluding hydrogens is 198 g/mol. The molecule has 16 heavy (non-hydrogen) atoms. The van der Waals surface area contributed by atoms with Crippen LogP contribution in [-0.4, -0.2) is 16.7 Å². The number of aromatic amines is 1. The fraction of sp³-hybridized carbons (Fsp3) is 0.143. The van der Waals surface area contributed by atoms with Crippen molar-refractivity contribution >= 4 is 10.9 Å². The van der Waals surface area contributed by atoms with Gasteiger partial charge in [-0.3, -0.25) is 0 Å². The Hall–Kier alpha value is -2.16. The van der Waals surface area contributed by atoms with Gasteiger partial charge in [0.25, 0.3) is 0 Å². The lowest BCUT2D eigenvalue weighted by Crippen LogP contribution is -1.77. The van der Waals surface area contributed by atoms with Crippen molar-refractivity contribution < 1.29 is 5.11 Å². The zero-order valence-corrected chi connectivity index (χ0v) is 8.75. The van der Waals surface area contributed by atoms with Gasteiger partial charge in [-0.2, -0.15) is 0 Å². The molecule has 1 aromatic heterocycles. The summed E-state index contributed by atoms with van der Waals surface area (Å²) in [5.74, 6) is 10.7. The Morgan fingerprint density at radius 2 is 1.94 bits per heavy atom. The van der Waals surface area contributed by atoms with E-state index in [1.54, 1.807) is 0 Å². The van der Waals surface area contributed by atoms with E-state index >= 15 is 0 Å². The molecule has 0 aliphatic heterocycles. The van der Waals surface area contributed by atoms with E-state index in [-0.39, 0.29) is 6.61 Å². The van der Waals surface area contributed by atoms with Crippen LogP contribution in [0.25, 0.3) is 10.9 Å². The van der Waals surface area contributed by atoms with Crippen molar-refractivity contribution in [3.8, 4) is 23.7 Å². The topological polar surface area (TPSA) is 36.0 Å². The first kappa shape index (κ1) is 10.4. The average Bonchev–Trinajstić information content (AvgIpc) is 2.73. The number of rotatable bonds is 1. The van der Waals surface area contributed by atoms with Crippen molar-refractivity contribution in [2.45, 2.75) is 6.42 Å². The minimum absolute atomic E-state index is 0.137. The molecule has 1 heterocycles. The Balaban J connectivity index is 2.18. The highest BCUT2D eigenvalue weighted by atomic mass is 16.2. The summed E-state index contributed by atoms with van der Waals surface area (Å²) in [4.78, 5) is 3.20. The maximum absolute atomic E-state index is 8.44. The van der Waals surface area contributed by atoms with Gasteiger partial charge < -0.3 is 10.1 Å². The van der Waals surface area contributed by atoms with Gasteiger partial charge in [0.1, 0.15) is 6.61 Å². The molecule has 0 amide bonds. The molecule has 0 unspecified atom stereocenters. The molecule has 2 heteroatoms. The van der Waals surface area contributed by atoms with Crippen molar-refractivity contribution in [1.82, 2.24) is 4.98 Å². The van der Waals surface area contributed by atoms with E-state index in [9.17, 15) is 0 Å². The standard InChI is InChI=1S/C14H11NO/c16-10-6-2-1-3-7-12-11-15-14-9-5-4-8-13(12)14/h4-5,8-9,11,15-16H,7,10H2. The number of aromatic nitrogens is 1. The monoisotopic (exact) mass is 209 g/mol. The first-order chi connectivity index (χ1) is 7.92. The maximum atomic E-state index is 8.44. The molecule has 0 fully saturated rings. The van der Waals surface area contributed by atoms with Crippen LogP contribution in [0.2, 0.25) is 0 Å². The van der Waals surface area contributed by atoms with E-state index < -0.39 is 0 Å². The number of aliphatic hydroxyl groups is 1. The van der Waals surface area contributed by atoms with E-state index in [0.717, 1.165) is 5.52 Å². The molecule has 1 aromatic carbocycles. The lowest BCUT2D eigenvalue weighted by atomic mass is 10.1. The molecule has 0 saturated carbocycles. The van der Waals surface area contributed by atoms with Crippen molar-refractivity contribution in [2.75, 3.05) is 6.61 Å². The molecule has 78 valence electrons. The predicted octanol–water partition coefficient (Wildman–Crippen LogP) is 1.71. The minimum Gasteiger partial charge on any atom is -0.384 e. The fourth-order valence-corrected chi connectivity index (χ4v) is 1.55. The van der Waals surface area contributed by atoms with E-state index in [0.29, 0.717) is 6.42 Å². The number of hydrogen-bond acceptors (Lipinski definition) is 1. The highest BCUT2D eigenvalue weighted by molar-refractivity contribution is 5.83. The Labute approximate surface area is 94.3 Å². The molecule has 0 bridgehead atoms. The number of aliphatic hydroxyl groups excluding tert-OH is 1. The number of para-hydroxylation sites is 1. The van der Waals surface area contributed by atoms with Crippen LogP contribution in [0.3, 0.4) is 0 Å². The lowest BCUT2D eigenvalue weighted by molar-refractivity contribution is 0.350. The second-order valence-corrected chi connectivity index (χ2v) is 3.30. The highest BCUT2D eigenvalue weighted by Gasteiger charge is 1.99. The Kier molecular flexibility index (Phi) is 3.28. The summed E-state index contributed by atoms with van der Waals surface area (Å²) in [5, 5.41) is 9.65. The van der Waals surface area contributed by atoms with Crippen LogP contribution in [-0.2, 0) is 6.42 Å². The molecule has 2 rings (SSSR count). The van der Waals surface area contributed by atoms with Crippen LogP contribution in [0.15, 0.2) is 30.5 Å². The molecule has 0 aliphatic carbocycles. The minimum atomic E-state index is -0.137. The molecule has 2 aromatic rings. The summed E-state index contributed by atoms with van der Waals surface area (Å²) in [6, 6.07) is 8.12. The van der Waals surface area contributed by atoms with E-state index in [1.807, 2.05) is 24.4 Å². The molecule has 0 spiro atoms. The van der Waals surface area contributed by atoms with Crippen LogP contribution < -0.4 is 0 Å². The Morgan fingerprint density at radius 1 is 1.12 bits per heavy atom. The third-order valence-electron chi connectivity index (χ3n) is 2.27. The smallest absolute Gasteiger partial charge is 0.105 e. The normalized spacial score (nSPS) is 9.06. The van der Waals surface area contributed by atoms with Crippen LogP contribution >= 0.6 is 0 Å². The number of H-pyrrole nitrogens is 1. The van der Waals surface area contributed by atoms with Gasteiger partial charge in [-0.1, -0.05) is 30.0 Å². The average molecular weight is 209 g/mol. The molecule has 0 saturated heterocycles. The molecule has 2 nitrogen and oxygen atoms in total. The largest absolute Gasteiger partial charge is 0.384 e. The number of nitrogens with one attached hydrogen (secondary N) is 1. The highest BCUT2D eigenvalue weighted by Crippen LogP contribution is 2.17. The van der Waals surface area contributed by atoms with Gasteiger partial charge >= 0.3 is 0 Å². The zero-order valence-electron chi connectivity index (χ0n) is 8.75. The fourth-order valence-electron chi connectivity index (χ4n) is 1.55. The Morgan fingerprint density at radius 3 is 2.81 bits per heavy atom. The SMILES string of the molecule is OCC#CC#CCc1c[nH]c2ccccc12. The summed E-state index contributed by atoms with van der Waals surface area (Å²) in [6.07, 6.45) is 2.64. The number of fused-ring (bicyclic) bond motifs is 1. The molecule has 2 N–H and O–H groups in total. The zero-order chi connectivity index (χ0) is 11.2. The third kappa shape index (κ3) is 2.25. The van der Waals surface area contributed by atoms with Crippen LogP contribution in [0.4, 0.5) is 0 Å². The maximum Gasteiger partial charge on any atom is 0.105 e. The van der Waals surface area contributed by atoms with Gasteiger partial charge in [-0.25, -0.2) is 0 Å². The van der Waals surface area contributed by atoms with Gasteiger partial charge in [0.15, 0.2) is 0 Å². The van der Waals surface area contributed by atoms with Gasteiger partial charge in [-0.05, 0) is 23.5 Å². The van der Waals surface area contributed by atoms with Gasteiger partial charge in [-0.15, -0.1) is 0 Å². The molecular formula is C14H11NO. The molecule has 0 atom stereocenters. The van der Waals surface area contributed by atoms with Gasteiger partial charge in [0, 0.05) is 23.5 Å². The van der Waals surface area contributed by atoms with Crippen molar-refractivity contribution in [3.63, 3.8) is 0 Å². The quantitative estimate of drug-likeness (QED) is 0.689. The molecule has 0 aliphatic rings. The first-order valence-electron chi connectivity index (χ1n) is 5.03. The number of benzene rings is 1. The third-order valence-corrected chi connectivity index (χ3v) is 2.27. The van der Waals surface area contributed by atoms with Crippen molar-refractivity contribution in [2.24, 2.45) is 0 Å². The van der Waals surface area contributed by atoms with Crippen LogP contribution in [0.5, 0.6) is 0 Å². The first-order valence-corrected chi connectivity index (χ1v) is 5.03. The second kappa shape index (κ2) is 5.07. The summed E-state index contributed by atoms with van der Waals surface area (Å²) < 4.78 is 0. The Bertz CT molecular complexity index is 602. The van der Waals surface area contributed by atoms with E-state index in [4.69, 9.17) is 5.11 Å². The van der Waals surface area contributed by atoms with Gasteiger partial charge in [0.2, 0.25) is 0 Å². The summed E-state index contributed by atoms with van der Waals surface area (Å²) in [7, 11) is 0. The predicted molar refractivity (Wildman–Crippen MR) is 64.6 cm³/mol. The second-order valence-electron chi connectivity index (χ2n) is 3.30. The van der Waals surface area contributed by atoms with Crippen molar-refractivity contribution in [3.05, 3.63) is 36.0 Å². The summed E-state index contributed by atoms with van der Waals surface area (Å²) in [5.41, 5.74) is 2.30. The van der Waals surface area contributed by atoms with Crippen LogP contribution in [0, 0.1) is 23.7 Å². The van der Waals surface area contributed by atoms with Crippen molar-refractivity contribution in [1.29, 1.82) is 0 Å². The van der Waals surface area contributed by atoms with Crippen LogP contribution in [0.1, 0.15) is 5.56 Å². The molecule has 0 radical (unpaired) electrons. The van der Waals surface area contributed by atoms with Gasteiger partial charge in [0.05, 0.1) is 0 Å².